The van der Waals surface area contributed by atoms with Gasteiger partial charge in [-0.2, -0.15) is 0 Å². The van der Waals surface area contributed by atoms with Crippen LogP contribution in [0.25, 0.3) is 0 Å². The molecule has 3 spiro atoms. The second kappa shape index (κ2) is 4.67. The van der Waals surface area contributed by atoms with E-state index in [2.05, 4.69) is 49.7 Å². The summed E-state index contributed by atoms with van der Waals surface area (Å²) in [5.41, 5.74) is 5.69. The molecule has 1 unspecified atom stereocenters. The molecule has 3 heterocycles. The summed E-state index contributed by atoms with van der Waals surface area (Å²) in [5.74, 6) is 8.44. The Hall–Kier alpha value is -1.00. The Morgan fingerprint density at radius 1 is 1.11 bits per heavy atom. The highest BCUT2D eigenvalue weighted by Crippen LogP contribution is 2.81. The quantitative estimate of drug-likeness (QED) is 0.291. The summed E-state index contributed by atoms with van der Waals surface area (Å²) < 4.78 is 0. The second-order valence-corrected chi connectivity index (χ2v) is 12.0. The van der Waals surface area contributed by atoms with Crippen LogP contribution in [0.2, 0.25) is 0 Å². The van der Waals surface area contributed by atoms with Crippen molar-refractivity contribution in [2.75, 3.05) is 6.54 Å². The molecule has 0 aromatic rings. The lowest BCUT2D eigenvalue weighted by molar-refractivity contribution is -0.108. The van der Waals surface area contributed by atoms with E-state index in [1.165, 1.54) is 57.9 Å². The molecular weight excluding hydrogens is 338 g/mol. The van der Waals surface area contributed by atoms with E-state index in [1.54, 1.807) is 5.57 Å². The van der Waals surface area contributed by atoms with E-state index in [0.29, 0.717) is 33.2 Å². The summed E-state index contributed by atoms with van der Waals surface area (Å²) in [7, 11) is 0. The fraction of sp³-hybridized carbons (Fsp3) is 0.778. The maximum absolute atomic E-state index is 3.84. The van der Waals surface area contributed by atoms with Crippen LogP contribution >= 0.6 is 0 Å². The van der Waals surface area contributed by atoms with Crippen LogP contribution in [0, 0.1) is 39.4 Å². The fourth-order valence-corrected chi connectivity index (χ4v) is 10.4. The zero-order chi connectivity index (χ0) is 19.0. The van der Waals surface area contributed by atoms with Crippen LogP contribution in [0.4, 0.5) is 0 Å². The first-order valence-electron chi connectivity index (χ1n) is 12.1. The Balaban J connectivity index is 1.49. The number of nitrogens with zero attached hydrogens (tertiary/aromatic N) is 1. The van der Waals surface area contributed by atoms with Crippen molar-refractivity contribution in [2.24, 2.45) is 27.6 Å². The lowest BCUT2D eigenvalue weighted by atomic mass is 9.44. The van der Waals surface area contributed by atoms with Crippen molar-refractivity contribution in [1.29, 1.82) is 0 Å². The van der Waals surface area contributed by atoms with Gasteiger partial charge in [-0.05, 0) is 63.2 Å². The molecule has 3 aliphatic heterocycles. The Bertz CT molecular complexity index is 914. The van der Waals surface area contributed by atoms with Gasteiger partial charge in [0.1, 0.15) is 0 Å². The maximum Gasteiger partial charge on any atom is 0.0443 e. The Morgan fingerprint density at radius 3 is 2.86 bits per heavy atom. The minimum atomic E-state index is 0.340. The van der Waals surface area contributed by atoms with E-state index in [1.807, 2.05) is 5.57 Å². The molecule has 0 aromatic heterocycles. The highest BCUT2D eigenvalue weighted by molar-refractivity contribution is 5.47. The molecule has 4 bridgehead atoms. The van der Waals surface area contributed by atoms with E-state index in [0.717, 1.165) is 18.8 Å². The Kier molecular flexibility index (Phi) is 2.79. The average molecular weight is 374 g/mol. The molecule has 4 fully saturated rings. The maximum atomic E-state index is 3.84. The highest BCUT2D eigenvalue weighted by Gasteiger charge is 2.78. The molecule has 1 saturated heterocycles. The van der Waals surface area contributed by atoms with Crippen molar-refractivity contribution < 1.29 is 0 Å². The normalized spacial score (nSPS) is 59.9. The van der Waals surface area contributed by atoms with Crippen LogP contribution in [0.1, 0.15) is 85.0 Å². The monoisotopic (exact) mass is 373 g/mol. The van der Waals surface area contributed by atoms with Gasteiger partial charge in [0.25, 0.3) is 0 Å². The summed E-state index contributed by atoms with van der Waals surface area (Å²) in [6.45, 7) is 9.10. The summed E-state index contributed by atoms with van der Waals surface area (Å²) in [4.78, 5) is 3.01. The Morgan fingerprint density at radius 2 is 1.96 bits per heavy atom. The first-order valence-corrected chi connectivity index (χ1v) is 12.1. The van der Waals surface area contributed by atoms with Crippen molar-refractivity contribution in [3.8, 4) is 11.8 Å². The summed E-state index contributed by atoms with van der Waals surface area (Å²) in [6, 6.07) is 0.666. The second-order valence-electron chi connectivity index (χ2n) is 12.0. The first-order chi connectivity index (χ1) is 13.4. The van der Waals surface area contributed by atoms with Gasteiger partial charge >= 0.3 is 0 Å². The van der Waals surface area contributed by atoms with Crippen LogP contribution in [-0.2, 0) is 0 Å². The van der Waals surface area contributed by atoms with Crippen molar-refractivity contribution in [3.63, 3.8) is 0 Å². The standard InChI is InChI=1S/C27H35N/c1-19-7-16-27-20(2)8-15-25(17-21(19)27)22-9-14-24(11-5-4-10-23(25,27)3)12-6-13-26(24)18-28(22)26/h9,14,20,22H,6-8,10-13,15-18H2,1-3H3/t20-,22-,23-,24+,25+,26+,27-,28?/m1/s1. The van der Waals surface area contributed by atoms with Gasteiger partial charge in [0, 0.05) is 47.2 Å². The molecule has 1 nitrogen and oxygen atoms in total. The third-order valence-corrected chi connectivity index (χ3v) is 11.9. The van der Waals surface area contributed by atoms with Crippen LogP contribution < -0.4 is 0 Å². The summed E-state index contributed by atoms with van der Waals surface area (Å²) in [5, 5.41) is 0. The molecule has 8 aliphatic rings. The number of allylic oxidation sites excluding steroid dienone is 2. The largest absolute Gasteiger partial charge is 0.287 e. The third-order valence-electron chi connectivity index (χ3n) is 11.9. The summed E-state index contributed by atoms with van der Waals surface area (Å²) in [6.07, 6.45) is 18.8. The van der Waals surface area contributed by atoms with E-state index in [9.17, 15) is 0 Å². The molecule has 3 saturated carbocycles. The van der Waals surface area contributed by atoms with Crippen molar-refractivity contribution in [2.45, 2.75) is 96.6 Å². The lowest BCUT2D eigenvalue weighted by Gasteiger charge is -2.61. The number of hydrogen-bond acceptors (Lipinski definition) is 1. The zero-order valence-corrected chi connectivity index (χ0v) is 18.0. The van der Waals surface area contributed by atoms with Gasteiger partial charge in [0.2, 0.25) is 0 Å². The molecule has 0 amide bonds. The van der Waals surface area contributed by atoms with E-state index >= 15 is 0 Å². The molecule has 8 atom stereocenters. The van der Waals surface area contributed by atoms with Gasteiger partial charge in [-0.3, -0.25) is 4.90 Å². The van der Waals surface area contributed by atoms with Crippen LogP contribution in [0.15, 0.2) is 23.3 Å². The van der Waals surface area contributed by atoms with Gasteiger partial charge in [0.15, 0.2) is 0 Å². The number of fused-ring (bicyclic) bond motifs is 2. The van der Waals surface area contributed by atoms with Crippen LogP contribution in [0.5, 0.6) is 0 Å². The minimum Gasteiger partial charge on any atom is -0.287 e. The van der Waals surface area contributed by atoms with Crippen LogP contribution in [0.3, 0.4) is 0 Å². The predicted molar refractivity (Wildman–Crippen MR) is 114 cm³/mol. The average Bonchev–Trinajstić information content (AvgIpc) is 3.14. The Labute approximate surface area is 171 Å². The molecule has 0 radical (unpaired) electrons. The molecular formula is C27H35N. The zero-order valence-electron chi connectivity index (χ0n) is 18.0. The first kappa shape index (κ1) is 16.8. The predicted octanol–water partition coefficient (Wildman–Crippen LogP) is 5.87. The van der Waals surface area contributed by atoms with Gasteiger partial charge in [0.05, 0.1) is 0 Å². The SMILES string of the molecule is CC1=C2C[C@]34CC[C@@H](C)[C@@]2(CC1)[C@]3(C)CC#CC[C@]12C=C[C@H]4N3C[C@]31CCC2. The lowest BCUT2D eigenvalue weighted by Crippen LogP contribution is -2.59. The number of rotatable bonds is 0. The molecule has 5 aliphatic carbocycles. The van der Waals surface area contributed by atoms with Gasteiger partial charge < -0.3 is 0 Å². The smallest absolute Gasteiger partial charge is 0.0443 e. The van der Waals surface area contributed by atoms with Crippen molar-refractivity contribution >= 4 is 0 Å². The highest BCUT2D eigenvalue weighted by atomic mass is 15.4. The molecule has 148 valence electrons. The third kappa shape index (κ3) is 1.41. The van der Waals surface area contributed by atoms with Gasteiger partial charge in [-0.1, -0.05) is 43.6 Å². The van der Waals surface area contributed by atoms with Gasteiger partial charge in [-0.25, -0.2) is 0 Å². The molecule has 8 rings (SSSR count). The van der Waals surface area contributed by atoms with Gasteiger partial charge in [-0.15, -0.1) is 11.8 Å². The minimum absolute atomic E-state index is 0.340. The van der Waals surface area contributed by atoms with Crippen molar-refractivity contribution in [1.82, 2.24) is 4.90 Å². The molecule has 28 heavy (non-hydrogen) atoms. The van der Waals surface area contributed by atoms with Crippen LogP contribution in [-0.4, -0.2) is 23.0 Å². The van der Waals surface area contributed by atoms with E-state index in [4.69, 9.17) is 0 Å². The molecule has 0 N–H and O–H groups in total. The van der Waals surface area contributed by atoms with E-state index in [-0.39, 0.29) is 0 Å². The van der Waals surface area contributed by atoms with Crippen molar-refractivity contribution in [3.05, 3.63) is 23.3 Å². The van der Waals surface area contributed by atoms with E-state index < -0.39 is 0 Å². The molecule has 1 heteroatoms. The number of hydrogen-bond donors (Lipinski definition) is 0. The topological polar surface area (TPSA) is 3.01 Å². The summed E-state index contributed by atoms with van der Waals surface area (Å²) >= 11 is 0. The fourth-order valence-electron chi connectivity index (χ4n) is 10.4. The molecule has 0 aromatic carbocycles.